The van der Waals surface area contributed by atoms with Gasteiger partial charge in [-0.15, -0.1) is 0 Å². The van der Waals surface area contributed by atoms with Gasteiger partial charge >= 0.3 is 6.18 Å². The summed E-state index contributed by atoms with van der Waals surface area (Å²) in [5.41, 5.74) is -4.44. The zero-order valence-corrected chi connectivity index (χ0v) is 14.1. The fourth-order valence-corrected chi connectivity index (χ4v) is 3.42. The Morgan fingerprint density at radius 2 is 1.14 bits per heavy atom. The molecule has 0 saturated heterocycles. The maximum Gasteiger partial charge on any atom is 0.422 e. The highest BCUT2D eigenvalue weighted by Crippen LogP contribution is 2.44. The predicted octanol–water partition coefficient (Wildman–Crippen LogP) is 7.37. The number of hydrogen-bond acceptors (Lipinski definition) is 0. The van der Waals surface area contributed by atoms with Crippen LogP contribution >= 0.6 is 0 Å². The van der Waals surface area contributed by atoms with Crippen molar-refractivity contribution in [3.05, 3.63) is 83.2 Å². The minimum atomic E-state index is -5.65. The van der Waals surface area contributed by atoms with Crippen LogP contribution in [0.2, 0.25) is 0 Å². The largest absolute Gasteiger partial charge is 0.422 e. The molecule has 4 rings (SSSR count). The van der Waals surface area contributed by atoms with E-state index in [0.29, 0.717) is 0 Å². The average Bonchev–Trinajstić information content (AvgIpc) is 2.66. The van der Waals surface area contributed by atoms with Crippen molar-refractivity contribution in [2.45, 2.75) is 6.18 Å². The van der Waals surface area contributed by atoms with E-state index < -0.39 is 52.0 Å². The van der Waals surface area contributed by atoms with Gasteiger partial charge < -0.3 is 0 Å². The van der Waals surface area contributed by atoms with Crippen LogP contribution in [0.1, 0.15) is 5.56 Å². The highest BCUT2D eigenvalue weighted by molar-refractivity contribution is 6.12. The molecule has 0 bridgehead atoms. The van der Waals surface area contributed by atoms with Crippen molar-refractivity contribution in [1.29, 1.82) is 0 Å². The van der Waals surface area contributed by atoms with Gasteiger partial charge in [-0.25, -0.2) is 22.0 Å². The number of alkyl halides is 3. The van der Waals surface area contributed by atoms with E-state index in [0.717, 1.165) is 6.07 Å². The zero-order valence-electron chi connectivity index (χ0n) is 14.1. The maximum absolute atomic E-state index is 14.7. The topological polar surface area (TPSA) is 0 Å². The van der Waals surface area contributed by atoms with E-state index in [-0.39, 0.29) is 21.5 Å². The Kier molecular flexibility index (Phi) is 4.25. The summed E-state index contributed by atoms with van der Waals surface area (Å²) in [6.07, 6.45) is -5.65. The minimum Gasteiger partial charge on any atom is -0.206 e. The van der Waals surface area contributed by atoms with Crippen molar-refractivity contribution in [2.24, 2.45) is 0 Å². The third kappa shape index (κ3) is 2.82. The molecule has 0 aromatic heterocycles. The van der Waals surface area contributed by atoms with Gasteiger partial charge in [0.15, 0.2) is 23.3 Å². The van der Waals surface area contributed by atoms with E-state index in [1.54, 1.807) is 6.07 Å². The Morgan fingerprint density at radius 3 is 1.76 bits per heavy atom. The Labute approximate surface area is 158 Å². The van der Waals surface area contributed by atoms with Crippen LogP contribution in [-0.2, 0) is 6.18 Å². The number of rotatable bonds is 1. The summed E-state index contributed by atoms with van der Waals surface area (Å²) in [6, 6.07) is 10.7. The molecule has 0 heterocycles. The summed E-state index contributed by atoms with van der Waals surface area (Å²) in [6.45, 7) is 0. The fraction of sp³-hybridized carbons (Fsp3) is 0.0476. The molecule has 0 unspecified atom stereocenters. The summed E-state index contributed by atoms with van der Waals surface area (Å²) in [5, 5.41) is 0.141. The van der Waals surface area contributed by atoms with Gasteiger partial charge in [-0.3, -0.25) is 0 Å². The standard InChI is InChI=1S/C21H8F8/c22-13-7-3-6-11-12(13)8-9-4-1-2-5-10(9)14(11)15-17(23)19(25)16(21(27,28)29)20(26)18(15)24/h1-8H. The lowest BCUT2D eigenvalue weighted by Gasteiger charge is -2.17. The number of benzene rings is 4. The number of hydrogen-bond donors (Lipinski definition) is 0. The molecule has 0 aliphatic heterocycles. The third-order valence-electron chi connectivity index (χ3n) is 4.65. The number of fused-ring (bicyclic) bond motifs is 2. The van der Waals surface area contributed by atoms with Crippen LogP contribution in [0, 0.1) is 29.1 Å². The molecule has 0 atom stereocenters. The Morgan fingerprint density at radius 1 is 0.552 bits per heavy atom. The van der Waals surface area contributed by atoms with Gasteiger partial charge in [0.1, 0.15) is 11.4 Å². The first kappa shape index (κ1) is 19.2. The molecule has 0 aliphatic carbocycles. The zero-order chi connectivity index (χ0) is 21.1. The van der Waals surface area contributed by atoms with E-state index in [9.17, 15) is 35.1 Å². The molecule has 29 heavy (non-hydrogen) atoms. The molecule has 8 heteroatoms. The van der Waals surface area contributed by atoms with Gasteiger partial charge in [-0.1, -0.05) is 36.4 Å². The lowest BCUT2D eigenvalue weighted by molar-refractivity contribution is -0.143. The van der Waals surface area contributed by atoms with Gasteiger partial charge in [0.05, 0.1) is 5.56 Å². The second kappa shape index (κ2) is 6.43. The summed E-state index contributed by atoms with van der Waals surface area (Å²) >= 11 is 0. The summed E-state index contributed by atoms with van der Waals surface area (Å²) in [4.78, 5) is 0. The van der Waals surface area contributed by atoms with Gasteiger partial charge in [0.2, 0.25) is 0 Å². The Bertz CT molecular complexity index is 1260. The van der Waals surface area contributed by atoms with E-state index in [2.05, 4.69) is 0 Å². The minimum absolute atomic E-state index is 0.0851. The van der Waals surface area contributed by atoms with Crippen molar-refractivity contribution in [3.63, 3.8) is 0 Å². The third-order valence-corrected chi connectivity index (χ3v) is 4.65. The molecule has 4 aromatic rings. The van der Waals surface area contributed by atoms with Crippen LogP contribution in [0.4, 0.5) is 35.1 Å². The van der Waals surface area contributed by atoms with Gasteiger partial charge in [-0.05, 0) is 28.3 Å². The second-order valence-corrected chi connectivity index (χ2v) is 6.31. The van der Waals surface area contributed by atoms with Gasteiger partial charge in [0, 0.05) is 10.9 Å². The van der Waals surface area contributed by atoms with Crippen LogP contribution in [-0.4, -0.2) is 0 Å². The molecule has 0 saturated carbocycles. The lowest BCUT2D eigenvalue weighted by atomic mass is 9.90. The van der Waals surface area contributed by atoms with E-state index in [1.807, 2.05) is 0 Å². The van der Waals surface area contributed by atoms with Crippen LogP contribution in [0.15, 0.2) is 48.5 Å². The molecule has 0 aliphatic rings. The Balaban J connectivity index is 2.25. The van der Waals surface area contributed by atoms with Crippen LogP contribution in [0.25, 0.3) is 32.7 Å². The van der Waals surface area contributed by atoms with E-state index in [4.69, 9.17) is 0 Å². The molecule has 0 amide bonds. The quantitative estimate of drug-likeness (QED) is 0.174. The van der Waals surface area contributed by atoms with Gasteiger partial charge in [0.25, 0.3) is 0 Å². The molecule has 148 valence electrons. The first-order valence-electron chi connectivity index (χ1n) is 8.16. The molecule has 0 radical (unpaired) electrons. The molecule has 0 nitrogen and oxygen atoms in total. The highest BCUT2D eigenvalue weighted by Gasteiger charge is 2.42. The second-order valence-electron chi connectivity index (χ2n) is 6.31. The SMILES string of the molecule is Fc1c(F)c(C(F)(F)F)c(F)c(F)c1-c1c2ccccc2cc2c(F)cccc12. The number of halogens is 8. The maximum atomic E-state index is 14.7. The van der Waals surface area contributed by atoms with Crippen molar-refractivity contribution in [3.8, 4) is 11.1 Å². The lowest BCUT2D eigenvalue weighted by Crippen LogP contribution is -2.16. The summed E-state index contributed by atoms with van der Waals surface area (Å²) < 4.78 is 111. The molecule has 0 N–H and O–H groups in total. The average molecular weight is 412 g/mol. The smallest absolute Gasteiger partial charge is 0.206 e. The fourth-order valence-electron chi connectivity index (χ4n) is 3.42. The van der Waals surface area contributed by atoms with Crippen molar-refractivity contribution in [2.75, 3.05) is 0 Å². The molecule has 0 spiro atoms. The van der Waals surface area contributed by atoms with Crippen LogP contribution in [0.5, 0.6) is 0 Å². The van der Waals surface area contributed by atoms with E-state index in [1.165, 1.54) is 36.4 Å². The molecular formula is C21H8F8. The highest BCUT2D eigenvalue weighted by atomic mass is 19.4. The first-order chi connectivity index (χ1) is 13.6. The predicted molar refractivity (Wildman–Crippen MR) is 91.7 cm³/mol. The monoisotopic (exact) mass is 412 g/mol. The van der Waals surface area contributed by atoms with Crippen molar-refractivity contribution < 1.29 is 35.1 Å². The molecular weight excluding hydrogens is 404 g/mol. The van der Waals surface area contributed by atoms with Crippen LogP contribution in [0.3, 0.4) is 0 Å². The van der Waals surface area contributed by atoms with Crippen molar-refractivity contribution >= 4 is 21.5 Å². The van der Waals surface area contributed by atoms with Gasteiger partial charge in [-0.2, -0.15) is 13.2 Å². The van der Waals surface area contributed by atoms with Crippen LogP contribution < -0.4 is 0 Å². The molecule has 4 aromatic carbocycles. The summed E-state index contributed by atoms with van der Waals surface area (Å²) in [5.74, 6) is -10.3. The summed E-state index contributed by atoms with van der Waals surface area (Å²) in [7, 11) is 0. The van der Waals surface area contributed by atoms with Crippen molar-refractivity contribution in [1.82, 2.24) is 0 Å². The van der Waals surface area contributed by atoms with E-state index >= 15 is 0 Å². The first-order valence-corrected chi connectivity index (χ1v) is 8.16. The molecule has 0 fully saturated rings. The normalized spacial score (nSPS) is 12.1. The Hall–Kier alpha value is -3.16.